The number of thiazole rings is 1. The van der Waals surface area contributed by atoms with Crippen molar-refractivity contribution in [3.63, 3.8) is 0 Å². The van der Waals surface area contributed by atoms with Crippen LogP contribution in [0.3, 0.4) is 0 Å². The highest BCUT2D eigenvalue weighted by atomic mass is 32.1. The smallest absolute Gasteiger partial charge is 0.0964 e. The van der Waals surface area contributed by atoms with E-state index in [1.807, 2.05) is 11.3 Å². The molecule has 0 aromatic carbocycles. The molecule has 1 aliphatic heterocycles. The van der Waals surface area contributed by atoms with E-state index in [9.17, 15) is 0 Å². The minimum Gasteiger partial charge on any atom is -0.381 e. The first-order valence-corrected chi connectivity index (χ1v) is 7.37. The fourth-order valence-corrected chi connectivity index (χ4v) is 3.32. The third kappa shape index (κ3) is 3.50. The number of ether oxygens (including phenoxy) is 1. The van der Waals surface area contributed by atoms with E-state index in [1.165, 1.54) is 22.0 Å². The van der Waals surface area contributed by atoms with Crippen LogP contribution >= 0.6 is 11.3 Å². The molecule has 96 valence electrons. The van der Waals surface area contributed by atoms with Crippen LogP contribution in [-0.4, -0.2) is 24.7 Å². The van der Waals surface area contributed by atoms with Crippen LogP contribution in [0.15, 0.2) is 0 Å². The van der Waals surface area contributed by atoms with E-state index in [-0.39, 0.29) is 0 Å². The van der Waals surface area contributed by atoms with Gasteiger partial charge >= 0.3 is 0 Å². The predicted octanol–water partition coefficient (Wildman–Crippen LogP) is 2.85. The molecule has 0 radical (unpaired) electrons. The zero-order chi connectivity index (χ0) is 12.1. The second kappa shape index (κ2) is 6.47. The van der Waals surface area contributed by atoms with Gasteiger partial charge in [-0.3, -0.25) is 0 Å². The van der Waals surface area contributed by atoms with Crippen molar-refractivity contribution in [1.29, 1.82) is 0 Å². The molecule has 1 saturated heterocycles. The number of hydrogen-bond acceptors (Lipinski definition) is 4. The summed E-state index contributed by atoms with van der Waals surface area (Å²) in [5, 5.41) is 4.77. The van der Waals surface area contributed by atoms with Gasteiger partial charge in [0.15, 0.2) is 0 Å². The molecular formula is C13H22N2OS. The second-order valence-electron chi connectivity index (χ2n) is 4.62. The number of aryl methyl sites for hydroxylation is 1. The van der Waals surface area contributed by atoms with E-state index in [1.54, 1.807) is 0 Å². The van der Waals surface area contributed by atoms with Crippen molar-refractivity contribution in [2.45, 2.75) is 45.6 Å². The Labute approximate surface area is 108 Å². The summed E-state index contributed by atoms with van der Waals surface area (Å²) < 4.78 is 5.40. The molecule has 0 aliphatic carbocycles. The summed E-state index contributed by atoms with van der Waals surface area (Å²) in [7, 11) is 0. The van der Waals surface area contributed by atoms with Gasteiger partial charge in [0, 0.05) is 30.6 Å². The number of nitrogens with zero attached hydrogens (tertiary/aromatic N) is 1. The van der Waals surface area contributed by atoms with Crippen molar-refractivity contribution in [3.05, 3.63) is 15.6 Å². The van der Waals surface area contributed by atoms with Gasteiger partial charge in [0.2, 0.25) is 0 Å². The van der Waals surface area contributed by atoms with E-state index >= 15 is 0 Å². The van der Waals surface area contributed by atoms with Crippen molar-refractivity contribution in [2.24, 2.45) is 0 Å². The van der Waals surface area contributed by atoms with Crippen molar-refractivity contribution < 1.29 is 4.74 Å². The summed E-state index contributed by atoms with van der Waals surface area (Å²) in [6.07, 6.45) is 3.45. The first kappa shape index (κ1) is 13.0. The largest absolute Gasteiger partial charge is 0.381 e. The third-order valence-electron chi connectivity index (χ3n) is 3.19. The highest BCUT2D eigenvalue weighted by Gasteiger charge is 2.20. The maximum atomic E-state index is 5.40. The van der Waals surface area contributed by atoms with E-state index in [4.69, 9.17) is 9.72 Å². The Balaban J connectivity index is 1.96. The zero-order valence-electron chi connectivity index (χ0n) is 10.8. The summed E-state index contributed by atoms with van der Waals surface area (Å²) >= 11 is 1.89. The number of aromatic nitrogens is 1. The Bertz CT molecular complexity index is 345. The maximum Gasteiger partial charge on any atom is 0.0964 e. The summed E-state index contributed by atoms with van der Waals surface area (Å²) in [6, 6.07) is 0. The Morgan fingerprint density at radius 2 is 2.18 bits per heavy atom. The van der Waals surface area contributed by atoms with Gasteiger partial charge in [0.05, 0.1) is 10.7 Å². The molecule has 0 saturated carbocycles. The van der Waals surface area contributed by atoms with Crippen LogP contribution < -0.4 is 5.32 Å². The predicted molar refractivity (Wildman–Crippen MR) is 71.6 cm³/mol. The standard InChI is InChI=1S/C13H22N2OS/c1-3-6-14-9-12-10(2)15-13(17-12)11-4-7-16-8-5-11/h11,14H,3-9H2,1-2H3. The summed E-state index contributed by atoms with van der Waals surface area (Å²) in [4.78, 5) is 6.14. The molecule has 3 nitrogen and oxygen atoms in total. The molecule has 1 N–H and O–H groups in total. The van der Waals surface area contributed by atoms with Crippen LogP contribution in [-0.2, 0) is 11.3 Å². The quantitative estimate of drug-likeness (QED) is 0.820. The lowest BCUT2D eigenvalue weighted by molar-refractivity contribution is 0.0852. The zero-order valence-corrected chi connectivity index (χ0v) is 11.6. The van der Waals surface area contributed by atoms with Gasteiger partial charge in [-0.05, 0) is 32.7 Å². The lowest BCUT2D eigenvalue weighted by Crippen LogP contribution is -2.13. The van der Waals surface area contributed by atoms with Gasteiger partial charge in [-0.1, -0.05) is 6.92 Å². The fraction of sp³-hybridized carbons (Fsp3) is 0.769. The molecular weight excluding hydrogens is 232 g/mol. The van der Waals surface area contributed by atoms with E-state index < -0.39 is 0 Å². The van der Waals surface area contributed by atoms with Crippen LogP contribution in [0.4, 0.5) is 0 Å². The number of nitrogens with one attached hydrogen (secondary N) is 1. The number of hydrogen-bond donors (Lipinski definition) is 1. The van der Waals surface area contributed by atoms with Gasteiger partial charge in [0.1, 0.15) is 0 Å². The Hall–Kier alpha value is -0.450. The molecule has 2 rings (SSSR count). The molecule has 0 atom stereocenters. The van der Waals surface area contributed by atoms with Gasteiger partial charge in [-0.25, -0.2) is 4.98 Å². The average molecular weight is 254 g/mol. The van der Waals surface area contributed by atoms with Crippen LogP contribution in [0.25, 0.3) is 0 Å². The van der Waals surface area contributed by atoms with Crippen LogP contribution in [0, 0.1) is 6.92 Å². The molecule has 1 fully saturated rings. The molecule has 1 aromatic rings. The molecule has 1 aromatic heterocycles. The van der Waals surface area contributed by atoms with Crippen molar-refractivity contribution in [3.8, 4) is 0 Å². The van der Waals surface area contributed by atoms with E-state index in [0.717, 1.165) is 39.1 Å². The molecule has 0 bridgehead atoms. The minimum absolute atomic E-state index is 0.632. The molecule has 0 spiro atoms. The summed E-state index contributed by atoms with van der Waals surface area (Å²) in [5.41, 5.74) is 1.21. The third-order valence-corrected chi connectivity index (χ3v) is 4.51. The Morgan fingerprint density at radius 1 is 1.41 bits per heavy atom. The summed E-state index contributed by atoms with van der Waals surface area (Å²) in [5.74, 6) is 0.632. The molecule has 17 heavy (non-hydrogen) atoms. The van der Waals surface area contributed by atoms with Gasteiger partial charge < -0.3 is 10.1 Å². The molecule has 2 heterocycles. The highest BCUT2D eigenvalue weighted by Crippen LogP contribution is 2.31. The lowest BCUT2D eigenvalue weighted by Gasteiger charge is -2.19. The average Bonchev–Trinajstić information content (AvgIpc) is 2.73. The van der Waals surface area contributed by atoms with Gasteiger partial charge in [-0.2, -0.15) is 0 Å². The van der Waals surface area contributed by atoms with Gasteiger partial charge in [-0.15, -0.1) is 11.3 Å². The maximum absolute atomic E-state index is 5.40. The first-order valence-electron chi connectivity index (χ1n) is 6.56. The van der Waals surface area contributed by atoms with Crippen LogP contribution in [0.5, 0.6) is 0 Å². The lowest BCUT2D eigenvalue weighted by atomic mass is 10.0. The van der Waals surface area contributed by atoms with Crippen LogP contribution in [0.1, 0.15) is 47.7 Å². The number of rotatable bonds is 5. The van der Waals surface area contributed by atoms with E-state index in [2.05, 4.69) is 19.2 Å². The first-order chi connectivity index (χ1) is 8.31. The SMILES string of the molecule is CCCNCc1sc(C2CCOCC2)nc1C. The topological polar surface area (TPSA) is 34.1 Å². The minimum atomic E-state index is 0.632. The second-order valence-corrected chi connectivity index (χ2v) is 5.74. The highest BCUT2D eigenvalue weighted by molar-refractivity contribution is 7.11. The summed E-state index contributed by atoms with van der Waals surface area (Å²) in [6.45, 7) is 8.17. The Morgan fingerprint density at radius 3 is 2.88 bits per heavy atom. The Kier molecular flexibility index (Phi) is 4.95. The monoisotopic (exact) mass is 254 g/mol. The van der Waals surface area contributed by atoms with Gasteiger partial charge in [0.25, 0.3) is 0 Å². The van der Waals surface area contributed by atoms with Crippen molar-refractivity contribution >= 4 is 11.3 Å². The normalized spacial score (nSPS) is 17.5. The van der Waals surface area contributed by atoms with Crippen LogP contribution in [0.2, 0.25) is 0 Å². The molecule has 4 heteroatoms. The fourth-order valence-electron chi connectivity index (χ4n) is 2.11. The van der Waals surface area contributed by atoms with Crippen molar-refractivity contribution in [2.75, 3.05) is 19.8 Å². The molecule has 1 aliphatic rings. The van der Waals surface area contributed by atoms with Crippen molar-refractivity contribution in [1.82, 2.24) is 10.3 Å². The molecule has 0 unspecified atom stereocenters. The van der Waals surface area contributed by atoms with E-state index in [0.29, 0.717) is 5.92 Å². The molecule has 0 amide bonds.